The lowest BCUT2D eigenvalue weighted by molar-refractivity contribution is -0.185. The van der Waals surface area contributed by atoms with Gasteiger partial charge in [0, 0.05) is 0 Å². The highest BCUT2D eigenvalue weighted by molar-refractivity contribution is 5.32. The van der Waals surface area contributed by atoms with Crippen LogP contribution in [0.15, 0.2) is 48.5 Å². The molecule has 0 spiro atoms. The molecule has 2 fully saturated rings. The third kappa shape index (κ3) is 9.14. The SMILES string of the molecule is CCCCC[C@H]1CC[C@H](C2CCC(CCc3ccc(C(F)(F)Oc4ccc(OC(F)F)cc4)cc3)CC2)CC1. The van der Waals surface area contributed by atoms with Gasteiger partial charge in [-0.15, -0.1) is 0 Å². The standard InChI is InChI=1S/C33H44F4O2/c1-2-3-4-5-24-8-14-27(15-9-24)28-16-10-25(11-17-28)6-7-26-12-18-29(19-13-26)33(36,37)39-31-22-20-30(21-23-31)38-32(34)35/h12-13,18-25,27-28,32H,2-11,14-17H2,1H3/t24-,25?,27-,28?. The molecule has 0 amide bonds. The van der Waals surface area contributed by atoms with Gasteiger partial charge in [0.1, 0.15) is 11.5 Å². The zero-order chi connectivity index (χ0) is 27.7. The molecule has 0 atom stereocenters. The third-order valence-electron chi connectivity index (χ3n) is 9.09. The summed E-state index contributed by atoms with van der Waals surface area (Å²) in [5.41, 5.74) is 0.825. The van der Waals surface area contributed by atoms with Gasteiger partial charge in [0.15, 0.2) is 0 Å². The minimum absolute atomic E-state index is 0.112. The quantitative estimate of drug-likeness (QED) is 0.183. The number of alkyl halides is 4. The first-order valence-electron chi connectivity index (χ1n) is 15.0. The summed E-state index contributed by atoms with van der Waals surface area (Å²) in [5, 5.41) is 0. The Hall–Kier alpha value is -2.24. The van der Waals surface area contributed by atoms with Crippen LogP contribution in [0.3, 0.4) is 0 Å². The number of aryl methyl sites for hydroxylation is 1. The van der Waals surface area contributed by atoms with Crippen molar-refractivity contribution in [1.82, 2.24) is 0 Å². The fourth-order valence-corrected chi connectivity index (χ4v) is 6.71. The molecule has 2 aromatic carbocycles. The smallest absolute Gasteiger partial charge is 0.426 e. The van der Waals surface area contributed by atoms with E-state index in [1.165, 1.54) is 113 Å². The first-order valence-corrected chi connectivity index (χ1v) is 15.0. The van der Waals surface area contributed by atoms with Crippen LogP contribution in [0.25, 0.3) is 0 Å². The molecule has 0 N–H and O–H groups in total. The van der Waals surface area contributed by atoms with Crippen molar-refractivity contribution in [3.05, 3.63) is 59.7 Å². The van der Waals surface area contributed by atoms with E-state index in [4.69, 9.17) is 4.74 Å². The Morgan fingerprint density at radius 3 is 1.79 bits per heavy atom. The summed E-state index contributed by atoms with van der Waals surface area (Å²) in [5.74, 6) is 3.32. The molecule has 0 saturated heterocycles. The van der Waals surface area contributed by atoms with Gasteiger partial charge in [0.05, 0.1) is 5.56 Å². The van der Waals surface area contributed by atoms with Gasteiger partial charge < -0.3 is 9.47 Å². The van der Waals surface area contributed by atoms with Gasteiger partial charge in [0.2, 0.25) is 0 Å². The van der Waals surface area contributed by atoms with E-state index in [1.54, 1.807) is 12.1 Å². The van der Waals surface area contributed by atoms with Crippen molar-refractivity contribution < 1.29 is 27.0 Å². The number of ether oxygens (including phenoxy) is 2. The maximum atomic E-state index is 14.7. The molecule has 0 aromatic heterocycles. The summed E-state index contributed by atoms with van der Waals surface area (Å²) in [7, 11) is 0. The molecule has 2 aliphatic rings. The van der Waals surface area contributed by atoms with Crippen LogP contribution in [0.1, 0.15) is 102 Å². The molecule has 2 aromatic rings. The van der Waals surface area contributed by atoms with Gasteiger partial charge in [-0.05, 0) is 104 Å². The van der Waals surface area contributed by atoms with Gasteiger partial charge >= 0.3 is 12.7 Å². The first-order chi connectivity index (χ1) is 18.8. The minimum atomic E-state index is -3.53. The van der Waals surface area contributed by atoms with Crippen LogP contribution in [0.5, 0.6) is 11.5 Å². The van der Waals surface area contributed by atoms with E-state index in [0.29, 0.717) is 0 Å². The van der Waals surface area contributed by atoms with Crippen molar-refractivity contribution in [1.29, 1.82) is 0 Å². The van der Waals surface area contributed by atoms with Crippen LogP contribution in [0.2, 0.25) is 0 Å². The average molecular weight is 549 g/mol. The molecule has 0 unspecified atom stereocenters. The van der Waals surface area contributed by atoms with E-state index < -0.39 is 12.7 Å². The summed E-state index contributed by atoms with van der Waals surface area (Å²) in [4.78, 5) is 0. The van der Waals surface area contributed by atoms with Crippen molar-refractivity contribution in [3.8, 4) is 11.5 Å². The minimum Gasteiger partial charge on any atom is -0.435 e. The predicted molar refractivity (Wildman–Crippen MR) is 147 cm³/mol. The number of unbranched alkanes of at least 4 members (excludes halogenated alkanes) is 2. The molecular formula is C33H44F4O2. The Bertz CT molecular complexity index is 960. The Morgan fingerprint density at radius 2 is 1.26 bits per heavy atom. The molecule has 0 heterocycles. The van der Waals surface area contributed by atoms with Gasteiger partial charge in [-0.2, -0.15) is 17.6 Å². The Balaban J connectivity index is 1.17. The molecule has 4 rings (SSSR count). The second-order valence-electron chi connectivity index (χ2n) is 11.8. The maximum Gasteiger partial charge on any atom is 0.426 e. The van der Waals surface area contributed by atoms with Crippen molar-refractivity contribution in [2.75, 3.05) is 0 Å². The monoisotopic (exact) mass is 548 g/mol. The van der Waals surface area contributed by atoms with E-state index in [-0.39, 0.29) is 17.1 Å². The highest BCUT2D eigenvalue weighted by Gasteiger charge is 2.35. The highest BCUT2D eigenvalue weighted by atomic mass is 19.3. The molecule has 0 bridgehead atoms. The van der Waals surface area contributed by atoms with Crippen LogP contribution < -0.4 is 9.47 Å². The van der Waals surface area contributed by atoms with Crippen LogP contribution in [-0.2, 0) is 12.5 Å². The highest BCUT2D eigenvalue weighted by Crippen LogP contribution is 2.43. The second kappa shape index (κ2) is 14.4. The van der Waals surface area contributed by atoms with Crippen LogP contribution in [0, 0.1) is 23.7 Å². The fourth-order valence-electron chi connectivity index (χ4n) is 6.71. The van der Waals surface area contributed by atoms with E-state index in [1.807, 2.05) is 0 Å². The van der Waals surface area contributed by atoms with Crippen molar-refractivity contribution >= 4 is 0 Å². The maximum absolute atomic E-state index is 14.7. The Morgan fingerprint density at radius 1 is 0.718 bits per heavy atom. The molecule has 216 valence electrons. The number of hydrogen-bond donors (Lipinski definition) is 0. The third-order valence-corrected chi connectivity index (χ3v) is 9.09. The molecule has 2 aliphatic carbocycles. The predicted octanol–water partition coefficient (Wildman–Crippen LogP) is 10.5. The zero-order valence-corrected chi connectivity index (χ0v) is 23.2. The number of benzene rings is 2. The van der Waals surface area contributed by atoms with Gasteiger partial charge in [-0.1, -0.05) is 70.4 Å². The molecular weight excluding hydrogens is 504 g/mol. The van der Waals surface area contributed by atoms with E-state index in [2.05, 4.69) is 11.7 Å². The van der Waals surface area contributed by atoms with E-state index in [0.717, 1.165) is 42.1 Å². The molecule has 2 nitrogen and oxygen atoms in total. The summed E-state index contributed by atoms with van der Waals surface area (Å²) >= 11 is 0. The van der Waals surface area contributed by atoms with Crippen molar-refractivity contribution in [3.63, 3.8) is 0 Å². The lowest BCUT2D eigenvalue weighted by Crippen LogP contribution is -2.26. The molecule has 0 aliphatic heterocycles. The van der Waals surface area contributed by atoms with E-state index in [9.17, 15) is 17.6 Å². The van der Waals surface area contributed by atoms with Crippen LogP contribution >= 0.6 is 0 Å². The van der Waals surface area contributed by atoms with Crippen molar-refractivity contribution in [2.24, 2.45) is 23.7 Å². The van der Waals surface area contributed by atoms with Gasteiger partial charge in [-0.25, -0.2) is 0 Å². The van der Waals surface area contributed by atoms with Crippen LogP contribution in [0.4, 0.5) is 17.6 Å². The zero-order valence-electron chi connectivity index (χ0n) is 23.2. The topological polar surface area (TPSA) is 18.5 Å². The number of halogens is 4. The summed E-state index contributed by atoms with van der Waals surface area (Å²) in [6.07, 6.45) is 15.1. The average Bonchev–Trinajstić information content (AvgIpc) is 2.94. The van der Waals surface area contributed by atoms with Crippen molar-refractivity contribution in [2.45, 2.75) is 110 Å². The largest absolute Gasteiger partial charge is 0.435 e. The summed E-state index contributed by atoms with van der Waals surface area (Å²) in [6, 6.07) is 11.1. The molecule has 6 heteroatoms. The Labute approximate surface area is 231 Å². The lowest BCUT2D eigenvalue weighted by atomic mass is 9.68. The van der Waals surface area contributed by atoms with Crippen LogP contribution in [-0.4, -0.2) is 6.61 Å². The summed E-state index contributed by atoms with van der Waals surface area (Å²) in [6.45, 7) is -0.688. The number of rotatable bonds is 13. The molecule has 39 heavy (non-hydrogen) atoms. The second-order valence-corrected chi connectivity index (χ2v) is 11.8. The van der Waals surface area contributed by atoms with Gasteiger partial charge in [0.25, 0.3) is 0 Å². The summed E-state index contributed by atoms with van der Waals surface area (Å²) < 4.78 is 63.0. The van der Waals surface area contributed by atoms with E-state index >= 15 is 0 Å². The normalized spacial score (nSPS) is 24.1. The lowest BCUT2D eigenvalue weighted by Gasteiger charge is -2.38. The van der Waals surface area contributed by atoms with Gasteiger partial charge in [-0.3, -0.25) is 0 Å². The fraction of sp³-hybridized carbons (Fsp3) is 0.636. The molecule has 0 radical (unpaired) electrons. The number of hydrogen-bond acceptors (Lipinski definition) is 2. The molecule has 2 saturated carbocycles. The first kappa shape index (κ1) is 29.7. The Kier molecular flexibility index (Phi) is 11.0.